The molecule has 0 aromatic heterocycles. The Morgan fingerprint density at radius 1 is 0.950 bits per heavy atom. The molecule has 2 N–H and O–H groups in total. The maximum absolute atomic E-state index is 12.1. The Morgan fingerprint density at radius 3 is 2.30 bits per heavy atom. The third kappa shape index (κ3) is 3.81. The number of rotatable bonds is 6. The summed E-state index contributed by atoms with van der Waals surface area (Å²) in [6, 6.07) is 9.73. The van der Waals surface area contributed by atoms with Crippen LogP contribution in [0, 0.1) is 0 Å². The Balaban J connectivity index is 1.89. The average molecular weight is 275 g/mol. The van der Waals surface area contributed by atoms with Crippen molar-refractivity contribution in [3.05, 3.63) is 35.9 Å². The Morgan fingerprint density at radius 2 is 1.60 bits per heavy atom. The maximum Gasteiger partial charge on any atom is 0.242 e. The summed E-state index contributed by atoms with van der Waals surface area (Å²) in [5, 5.41) is 0. The van der Waals surface area contributed by atoms with Crippen LogP contribution in [0.3, 0.4) is 0 Å². The molecule has 20 heavy (non-hydrogen) atoms. The lowest BCUT2D eigenvalue weighted by atomic mass is 10.2. The Bertz CT molecular complexity index is 461. The smallest absolute Gasteiger partial charge is 0.242 e. The van der Waals surface area contributed by atoms with Gasteiger partial charge < -0.3 is 15.5 Å². The van der Waals surface area contributed by atoms with Crippen molar-refractivity contribution in [1.82, 2.24) is 9.80 Å². The number of hydrogen-bond acceptors (Lipinski definition) is 3. The van der Waals surface area contributed by atoms with Gasteiger partial charge in [0.15, 0.2) is 0 Å². The van der Waals surface area contributed by atoms with Crippen LogP contribution in [0.5, 0.6) is 0 Å². The fourth-order valence-corrected chi connectivity index (χ4v) is 2.30. The summed E-state index contributed by atoms with van der Waals surface area (Å²) >= 11 is 0. The van der Waals surface area contributed by atoms with E-state index in [0.29, 0.717) is 19.6 Å². The van der Waals surface area contributed by atoms with Gasteiger partial charge in [-0.3, -0.25) is 9.59 Å². The molecular weight excluding hydrogens is 254 g/mol. The van der Waals surface area contributed by atoms with Crippen LogP contribution in [0.2, 0.25) is 0 Å². The molecule has 1 saturated heterocycles. The van der Waals surface area contributed by atoms with E-state index in [1.807, 2.05) is 30.3 Å². The molecule has 5 heteroatoms. The molecule has 2 amide bonds. The zero-order valence-electron chi connectivity index (χ0n) is 11.6. The van der Waals surface area contributed by atoms with Gasteiger partial charge in [0.05, 0.1) is 6.54 Å². The number of amides is 2. The van der Waals surface area contributed by atoms with Gasteiger partial charge in [-0.25, -0.2) is 0 Å². The Labute approximate surface area is 119 Å². The molecule has 0 aliphatic carbocycles. The van der Waals surface area contributed by atoms with Crippen LogP contribution in [0.15, 0.2) is 30.3 Å². The second kappa shape index (κ2) is 7.05. The van der Waals surface area contributed by atoms with Crippen LogP contribution in [0.1, 0.15) is 18.4 Å². The average Bonchev–Trinajstić information content (AvgIpc) is 2.45. The van der Waals surface area contributed by atoms with E-state index in [1.54, 1.807) is 9.80 Å². The molecule has 1 aliphatic heterocycles. The van der Waals surface area contributed by atoms with E-state index in [1.165, 1.54) is 0 Å². The van der Waals surface area contributed by atoms with Crippen LogP contribution < -0.4 is 5.73 Å². The van der Waals surface area contributed by atoms with Crippen molar-refractivity contribution < 1.29 is 9.59 Å². The van der Waals surface area contributed by atoms with Gasteiger partial charge in [0, 0.05) is 13.1 Å². The number of piperazine rings is 1. The molecule has 1 aromatic carbocycles. The van der Waals surface area contributed by atoms with E-state index < -0.39 is 0 Å². The van der Waals surface area contributed by atoms with Crippen LogP contribution in [-0.4, -0.2) is 47.8 Å². The third-order valence-electron chi connectivity index (χ3n) is 3.46. The first-order chi connectivity index (χ1) is 9.70. The molecular formula is C15H21N3O2. The van der Waals surface area contributed by atoms with Gasteiger partial charge in [0.25, 0.3) is 0 Å². The first kappa shape index (κ1) is 14.5. The molecule has 1 aliphatic rings. The maximum atomic E-state index is 12.1. The molecule has 0 saturated carbocycles. The lowest BCUT2D eigenvalue weighted by molar-refractivity contribution is -0.150. The number of carbonyl (C=O) groups is 2. The summed E-state index contributed by atoms with van der Waals surface area (Å²) in [7, 11) is 0. The van der Waals surface area contributed by atoms with Crippen molar-refractivity contribution in [2.24, 2.45) is 5.73 Å². The molecule has 1 fully saturated rings. The van der Waals surface area contributed by atoms with Gasteiger partial charge in [0.2, 0.25) is 11.8 Å². The minimum absolute atomic E-state index is 0.0150. The Kier molecular flexibility index (Phi) is 5.12. The van der Waals surface area contributed by atoms with E-state index in [4.69, 9.17) is 5.73 Å². The number of nitrogens with zero attached hydrogens (tertiary/aromatic N) is 2. The zero-order valence-corrected chi connectivity index (χ0v) is 11.6. The minimum atomic E-state index is 0.0150. The molecule has 2 rings (SSSR count). The SMILES string of the molecule is NCCCCN1CC(=O)N(Cc2ccccc2)CC1=O. The first-order valence-corrected chi connectivity index (χ1v) is 7.00. The number of carbonyl (C=O) groups excluding carboxylic acids is 2. The lowest BCUT2D eigenvalue weighted by Crippen LogP contribution is -2.53. The summed E-state index contributed by atoms with van der Waals surface area (Å²) in [5.41, 5.74) is 6.48. The highest BCUT2D eigenvalue weighted by molar-refractivity contribution is 5.92. The van der Waals surface area contributed by atoms with Crippen molar-refractivity contribution in [3.8, 4) is 0 Å². The van der Waals surface area contributed by atoms with Crippen molar-refractivity contribution in [3.63, 3.8) is 0 Å². The fourth-order valence-electron chi connectivity index (χ4n) is 2.30. The number of nitrogens with two attached hydrogens (primary N) is 1. The molecule has 1 aromatic rings. The van der Waals surface area contributed by atoms with Crippen LogP contribution in [-0.2, 0) is 16.1 Å². The summed E-state index contributed by atoms with van der Waals surface area (Å²) < 4.78 is 0. The molecule has 1 heterocycles. The third-order valence-corrected chi connectivity index (χ3v) is 3.46. The molecule has 108 valence electrons. The first-order valence-electron chi connectivity index (χ1n) is 7.00. The van der Waals surface area contributed by atoms with Crippen molar-refractivity contribution in [2.45, 2.75) is 19.4 Å². The van der Waals surface area contributed by atoms with Gasteiger partial charge in [0.1, 0.15) is 6.54 Å². The predicted octanol–water partition coefficient (Wildman–Crippen LogP) is 0.596. The second-order valence-electron chi connectivity index (χ2n) is 5.05. The van der Waals surface area contributed by atoms with Gasteiger partial charge >= 0.3 is 0 Å². The zero-order chi connectivity index (χ0) is 14.4. The Hall–Kier alpha value is -1.88. The standard InChI is InChI=1S/C15H21N3O2/c16-8-4-5-9-17-11-15(20)18(12-14(17)19)10-13-6-2-1-3-7-13/h1-3,6-7H,4-5,8-12,16H2. The van der Waals surface area contributed by atoms with Crippen molar-refractivity contribution in [1.29, 1.82) is 0 Å². The van der Waals surface area contributed by atoms with E-state index in [-0.39, 0.29) is 24.9 Å². The second-order valence-corrected chi connectivity index (χ2v) is 5.05. The van der Waals surface area contributed by atoms with E-state index in [9.17, 15) is 9.59 Å². The van der Waals surface area contributed by atoms with E-state index >= 15 is 0 Å². The van der Waals surface area contributed by atoms with Gasteiger partial charge in [-0.05, 0) is 24.9 Å². The van der Waals surface area contributed by atoms with E-state index in [0.717, 1.165) is 18.4 Å². The molecule has 0 spiro atoms. The quantitative estimate of drug-likeness (QED) is 0.773. The number of benzene rings is 1. The topological polar surface area (TPSA) is 66.6 Å². The molecule has 0 radical (unpaired) electrons. The fraction of sp³-hybridized carbons (Fsp3) is 0.467. The van der Waals surface area contributed by atoms with Crippen LogP contribution in [0.25, 0.3) is 0 Å². The van der Waals surface area contributed by atoms with Gasteiger partial charge in [-0.1, -0.05) is 30.3 Å². The molecule has 0 bridgehead atoms. The van der Waals surface area contributed by atoms with Crippen molar-refractivity contribution in [2.75, 3.05) is 26.2 Å². The molecule has 5 nitrogen and oxygen atoms in total. The normalized spacial score (nSPS) is 15.8. The van der Waals surface area contributed by atoms with Crippen molar-refractivity contribution >= 4 is 11.8 Å². The lowest BCUT2D eigenvalue weighted by Gasteiger charge is -2.34. The summed E-state index contributed by atoms with van der Waals surface area (Å²) in [6.07, 6.45) is 1.74. The number of hydrogen-bond donors (Lipinski definition) is 1. The molecule has 0 unspecified atom stereocenters. The summed E-state index contributed by atoms with van der Waals surface area (Å²) in [4.78, 5) is 27.4. The van der Waals surface area contributed by atoms with E-state index in [2.05, 4.69) is 0 Å². The minimum Gasteiger partial charge on any atom is -0.332 e. The summed E-state index contributed by atoms with van der Waals surface area (Å²) in [5.74, 6) is 0.0405. The largest absolute Gasteiger partial charge is 0.332 e. The number of unbranched alkanes of at least 4 members (excludes halogenated alkanes) is 1. The molecule has 0 atom stereocenters. The van der Waals surface area contributed by atoms with Gasteiger partial charge in [-0.15, -0.1) is 0 Å². The highest BCUT2D eigenvalue weighted by atomic mass is 16.2. The predicted molar refractivity (Wildman–Crippen MR) is 76.7 cm³/mol. The highest BCUT2D eigenvalue weighted by Gasteiger charge is 2.29. The summed E-state index contributed by atoms with van der Waals surface area (Å²) in [6.45, 7) is 2.12. The van der Waals surface area contributed by atoms with Gasteiger partial charge in [-0.2, -0.15) is 0 Å². The monoisotopic (exact) mass is 275 g/mol. The van der Waals surface area contributed by atoms with Crippen LogP contribution in [0.4, 0.5) is 0 Å². The highest BCUT2D eigenvalue weighted by Crippen LogP contribution is 2.11. The van der Waals surface area contributed by atoms with Crippen LogP contribution >= 0.6 is 0 Å².